The molecule has 0 bridgehead atoms. The maximum absolute atomic E-state index is 11.8. The highest BCUT2D eigenvalue weighted by molar-refractivity contribution is 5.91. The number of nitrogens with zero attached hydrogens (tertiary/aromatic N) is 4. The third-order valence-electron chi connectivity index (χ3n) is 3.16. The molecule has 1 amide bonds. The first-order valence-corrected chi connectivity index (χ1v) is 7.06. The number of aromatic nitrogens is 3. The number of hydrogen-bond donors (Lipinski definition) is 1. The molecular weight excluding hydrogens is 298 g/mol. The minimum atomic E-state index is -0.467. The molecule has 120 valence electrons. The van der Waals surface area contributed by atoms with E-state index >= 15 is 0 Å². The van der Waals surface area contributed by atoms with Crippen molar-refractivity contribution in [2.24, 2.45) is 0 Å². The number of amides is 1. The van der Waals surface area contributed by atoms with Gasteiger partial charge in [-0.2, -0.15) is 0 Å². The first-order valence-electron chi connectivity index (χ1n) is 7.06. The number of nitro groups is 1. The first kappa shape index (κ1) is 16.3. The molecule has 0 fully saturated rings. The quantitative estimate of drug-likeness (QED) is 0.499. The zero-order chi connectivity index (χ0) is 16.8. The number of nitrogens with one attached hydrogen (secondary N) is 1. The molecule has 2 aromatic rings. The Morgan fingerprint density at radius 3 is 2.70 bits per heavy atom. The zero-order valence-corrected chi connectivity index (χ0v) is 12.8. The van der Waals surface area contributed by atoms with Gasteiger partial charge in [-0.05, 0) is 37.6 Å². The number of carbonyl (C=O) groups excluding carboxylic acids is 1. The molecule has 23 heavy (non-hydrogen) atoms. The minimum Gasteiger partial charge on any atom is -0.345 e. The van der Waals surface area contributed by atoms with Gasteiger partial charge in [0.25, 0.3) is 5.69 Å². The van der Waals surface area contributed by atoms with E-state index in [1.165, 1.54) is 18.2 Å². The van der Waals surface area contributed by atoms with Crippen LogP contribution in [0.2, 0.25) is 0 Å². The van der Waals surface area contributed by atoms with Crippen LogP contribution in [0.1, 0.15) is 31.3 Å². The average molecular weight is 315 g/mol. The summed E-state index contributed by atoms with van der Waals surface area (Å²) in [5.74, 6) is 0.402. The van der Waals surface area contributed by atoms with Gasteiger partial charge in [0.1, 0.15) is 6.33 Å². The van der Waals surface area contributed by atoms with Crippen molar-refractivity contribution in [1.29, 1.82) is 0 Å². The van der Waals surface area contributed by atoms with Gasteiger partial charge in [-0.3, -0.25) is 14.9 Å². The Kier molecular flexibility index (Phi) is 5.19. The second-order valence-corrected chi connectivity index (χ2v) is 5.15. The molecule has 0 aliphatic heterocycles. The minimum absolute atomic E-state index is 0.0135. The zero-order valence-electron chi connectivity index (χ0n) is 12.8. The summed E-state index contributed by atoms with van der Waals surface area (Å²) in [7, 11) is 0. The lowest BCUT2D eigenvalue weighted by Gasteiger charge is -2.09. The predicted molar refractivity (Wildman–Crippen MR) is 84.4 cm³/mol. The Morgan fingerprint density at radius 1 is 1.39 bits per heavy atom. The predicted octanol–water partition coefficient (Wildman–Crippen LogP) is 2.10. The van der Waals surface area contributed by atoms with Crippen molar-refractivity contribution in [2.45, 2.75) is 26.4 Å². The van der Waals surface area contributed by atoms with E-state index in [1.807, 2.05) is 18.4 Å². The maximum Gasteiger partial charge on any atom is 0.269 e. The van der Waals surface area contributed by atoms with Crippen LogP contribution in [0.4, 0.5) is 5.69 Å². The normalized spacial score (nSPS) is 11.1. The van der Waals surface area contributed by atoms with Gasteiger partial charge in [0.15, 0.2) is 5.82 Å². The van der Waals surface area contributed by atoms with Crippen LogP contribution in [-0.4, -0.2) is 25.6 Å². The van der Waals surface area contributed by atoms with Gasteiger partial charge in [-0.1, -0.05) is 0 Å². The van der Waals surface area contributed by atoms with E-state index in [4.69, 9.17) is 0 Å². The van der Waals surface area contributed by atoms with Crippen molar-refractivity contribution in [3.8, 4) is 0 Å². The Bertz CT molecular complexity index is 719. The molecule has 1 heterocycles. The second kappa shape index (κ2) is 7.30. The van der Waals surface area contributed by atoms with Gasteiger partial charge in [0.05, 0.1) is 11.5 Å². The fourth-order valence-electron chi connectivity index (χ4n) is 1.93. The van der Waals surface area contributed by atoms with Crippen LogP contribution in [0.25, 0.3) is 6.08 Å². The van der Waals surface area contributed by atoms with Crippen LogP contribution < -0.4 is 5.32 Å². The Hall–Kier alpha value is -3.03. The standard InChI is InChI=1S/C15H17N5O3/c1-11(2)19-10-17-18-14(19)9-16-15(21)8-5-12-3-6-13(7-4-12)20(22)23/h3-8,10-11H,9H2,1-2H3,(H,16,21)/b8-5-. The molecule has 0 unspecified atom stereocenters. The van der Waals surface area contributed by atoms with Gasteiger partial charge in [0.2, 0.25) is 5.91 Å². The molecule has 8 heteroatoms. The Balaban J connectivity index is 1.91. The van der Waals surface area contributed by atoms with Crippen LogP contribution >= 0.6 is 0 Å². The molecule has 1 aromatic heterocycles. The fourth-order valence-corrected chi connectivity index (χ4v) is 1.93. The van der Waals surface area contributed by atoms with E-state index in [9.17, 15) is 14.9 Å². The Labute approximate surface area is 133 Å². The smallest absolute Gasteiger partial charge is 0.269 e. The van der Waals surface area contributed by atoms with Gasteiger partial charge < -0.3 is 9.88 Å². The molecule has 0 atom stereocenters. The molecule has 1 aromatic carbocycles. The SMILES string of the molecule is CC(C)n1cnnc1CNC(=O)/C=C\c1ccc([N+](=O)[O-])cc1. The molecule has 0 saturated carbocycles. The summed E-state index contributed by atoms with van der Waals surface area (Å²) >= 11 is 0. The molecule has 0 radical (unpaired) electrons. The van der Waals surface area contributed by atoms with Gasteiger partial charge >= 0.3 is 0 Å². The molecule has 0 spiro atoms. The maximum atomic E-state index is 11.8. The van der Waals surface area contributed by atoms with Crippen molar-refractivity contribution in [2.75, 3.05) is 0 Å². The third-order valence-corrected chi connectivity index (χ3v) is 3.16. The highest BCUT2D eigenvalue weighted by atomic mass is 16.6. The molecule has 1 N–H and O–H groups in total. The number of benzene rings is 1. The lowest BCUT2D eigenvalue weighted by molar-refractivity contribution is -0.384. The number of non-ortho nitro benzene ring substituents is 1. The van der Waals surface area contributed by atoms with Gasteiger partial charge in [-0.25, -0.2) is 0 Å². The summed E-state index contributed by atoms with van der Waals surface area (Å²) in [6, 6.07) is 6.16. The largest absolute Gasteiger partial charge is 0.345 e. The van der Waals surface area contributed by atoms with Crippen LogP contribution in [0.3, 0.4) is 0 Å². The summed E-state index contributed by atoms with van der Waals surface area (Å²) in [6.45, 7) is 4.29. The lowest BCUT2D eigenvalue weighted by atomic mass is 10.2. The van der Waals surface area contributed by atoms with Crippen molar-refractivity contribution >= 4 is 17.7 Å². The average Bonchev–Trinajstić information content (AvgIpc) is 3.00. The summed E-state index contributed by atoms with van der Waals surface area (Å²) in [4.78, 5) is 21.9. The highest BCUT2D eigenvalue weighted by Crippen LogP contribution is 2.12. The number of nitro benzene ring substituents is 1. The van der Waals surface area contributed by atoms with E-state index in [0.29, 0.717) is 11.4 Å². The van der Waals surface area contributed by atoms with E-state index in [0.717, 1.165) is 0 Å². The highest BCUT2D eigenvalue weighted by Gasteiger charge is 2.08. The van der Waals surface area contributed by atoms with Crippen molar-refractivity contribution in [1.82, 2.24) is 20.1 Å². The van der Waals surface area contributed by atoms with Gasteiger partial charge in [0, 0.05) is 24.3 Å². The summed E-state index contributed by atoms with van der Waals surface area (Å²) in [5.41, 5.74) is 0.718. The van der Waals surface area contributed by atoms with Crippen LogP contribution in [0, 0.1) is 10.1 Å². The molecule has 0 saturated heterocycles. The van der Waals surface area contributed by atoms with E-state index in [2.05, 4.69) is 15.5 Å². The Morgan fingerprint density at radius 2 is 2.09 bits per heavy atom. The number of carbonyl (C=O) groups is 1. The topological polar surface area (TPSA) is 103 Å². The summed E-state index contributed by atoms with van der Waals surface area (Å²) in [5, 5.41) is 21.1. The first-order chi connectivity index (χ1) is 11.0. The van der Waals surface area contributed by atoms with Crippen molar-refractivity contribution in [3.05, 3.63) is 58.2 Å². The van der Waals surface area contributed by atoms with Crippen molar-refractivity contribution < 1.29 is 9.72 Å². The van der Waals surface area contributed by atoms with Crippen LogP contribution in [-0.2, 0) is 11.3 Å². The second-order valence-electron chi connectivity index (χ2n) is 5.15. The fraction of sp³-hybridized carbons (Fsp3) is 0.267. The van der Waals surface area contributed by atoms with Crippen molar-refractivity contribution in [3.63, 3.8) is 0 Å². The van der Waals surface area contributed by atoms with Gasteiger partial charge in [-0.15, -0.1) is 10.2 Å². The molecule has 0 aliphatic carbocycles. The third kappa shape index (κ3) is 4.47. The number of hydrogen-bond acceptors (Lipinski definition) is 5. The monoisotopic (exact) mass is 315 g/mol. The molecule has 0 aliphatic rings. The molecule has 8 nitrogen and oxygen atoms in total. The van der Waals surface area contributed by atoms with E-state index in [-0.39, 0.29) is 24.2 Å². The number of rotatable bonds is 6. The summed E-state index contributed by atoms with van der Waals surface area (Å²) < 4.78 is 1.88. The van der Waals surface area contributed by atoms with Crippen LogP contribution in [0.15, 0.2) is 36.7 Å². The summed E-state index contributed by atoms with van der Waals surface area (Å²) in [6.07, 6.45) is 4.59. The molecule has 2 rings (SSSR count). The van der Waals surface area contributed by atoms with E-state index < -0.39 is 4.92 Å². The molecular formula is C15H17N5O3. The lowest BCUT2D eigenvalue weighted by Crippen LogP contribution is -2.23. The van der Waals surface area contributed by atoms with E-state index in [1.54, 1.807) is 24.5 Å². The van der Waals surface area contributed by atoms with Crippen LogP contribution in [0.5, 0.6) is 0 Å².